The summed E-state index contributed by atoms with van der Waals surface area (Å²) in [6.07, 6.45) is 2.91. The van der Waals surface area contributed by atoms with Crippen molar-refractivity contribution in [1.82, 2.24) is 9.21 Å². The number of piperazine rings is 1. The lowest BCUT2D eigenvalue weighted by atomic mass is 10.2. The van der Waals surface area contributed by atoms with Crippen LogP contribution in [-0.4, -0.2) is 68.6 Å². The Morgan fingerprint density at radius 2 is 1.54 bits per heavy atom. The van der Waals surface area contributed by atoms with Crippen molar-refractivity contribution in [2.24, 2.45) is 0 Å². The van der Waals surface area contributed by atoms with E-state index >= 15 is 0 Å². The third-order valence-electron chi connectivity index (χ3n) is 5.11. The third-order valence-corrected chi connectivity index (χ3v) is 6.98. The van der Waals surface area contributed by atoms with Crippen molar-refractivity contribution in [1.29, 1.82) is 0 Å². The second-order valence-corrected chi connectivity index (χ2v) is 8.96. The summed E-state index contributed by atoms with van der Waals surface area (Å²) in [6, 6.07) is 6.33. The molecule has 2 fully saturated rings. The van der Waals surface area contributed by atoms with Gasteiger partial charge in [-0.1, -0.05) is 6.42 Å². The smallest absolute Gasteiger partial charge is 0.223 e. The summed E-state index contributed by atoms with van der Waals surface area (Å²) >= 11 is 0. The molecule has 0 bridgehead atoms. The van der Waals surface area contributed by atoms with Gasteiger partial charge in [0.05, 0.1) is 5.75 Å². The lowest BCUT2D eigenvalue weighted by molar-refractivity contribution is -0.131. The molecule has 0 aromatic heterocycles. The van der Waals surface area contributed by atoms with Gasteiger partial charge in [0.2, 0.25) is 15.9 Å². The van der Waals surface area contributed by atoms with Crippen LogP contribution in [0, 0.1) is 5.82 Å². The number of sulfonamides is 1. The molecule has 0 radical (unpaired) electrons. The van der Waals surface area contributed by atoms with Crippen molar-refractivity contribution in [3.63, 3.8) is 0 Å². The van der Waals surface area contributed by atoms with Gasteiger partial charge in [-0.05, 0) is 37.1 Å². The number of nitrogens with zero attached hydrogens (tertiary/aromatic N) is 3. The molecule has 0 N–H and O–H groups in total. The Kier molecular flexibility index (Phi) is 6.13. The largest absolute Gasteiger partial charge is 0.368 e. The molecule has 0 unspecified atom stereocenters. The van der Waals surface area contributed by atoms with E-state index in [1.54, 1.807) is 17.0 Å². The zero-order valence-corrected chi connectivity index (χ0v) is 15.8. The number of anilines is 1. The SMILES string of the molecule is O=C(CCS(=O)(=O)N1CCCCC1)N1CCN(c2ccc(F)cc2)CC1. The summed E-state index contributed by atoms with van der Waals surface area (Å²) in [5.74, 6) is -0.480. The quantitative estimate of drug-likeness (QED) is 0.776. The Bertz CT molecular complexity index is 710. The number of amides is 1. The Labute approximate surface area is 154 Å². The molecule has 0 atom stereocenters. The molecule has 0 saturated carbocycles. The molecule has 3 rings (SSSR count). The minimum atomic E-state index is -3.34. The number of carbonyl (C=O) groups excluding carboxylic acids is 1. The Morgan fingerprint density at radius 1 is 0.923 bits per heavy atom. The van der Waals surface area contributed by atoms with Gasteiger partial charge in [-0.3, -0.25) is 4.79 Å². The van der Waals surface area contributed by atoms with Crippen molar-refractivity contribution < 1.29 is 17.6 Å². The summed E-state index contributed by atoms with van der Waals surface area (Å²) in [5.41, 5.74) is 0.936. The van der Waals surface area contributed by atoms with E-state index in [-0.39, 0.29) is 23.9 Å². The number of halogens is 1. The molecule has 6 nitrogen and oxygen atoms in total. The topological polar surface area (TPSA) is 60.9 Å². The fraction of sp³-hybridized carbons (Fsp3) is 0.611. The number of carbonyl (C=O) groups is 1. The molecule has 2 heterocycles. The fourth-order valence-electron chi connectivity index (χ4n) is 3.51. The second-order valence-electron chi connectivity index (χ2n) is 6.87. The summed E-state index contributed by atoms with van der Waals surface area (Å²) < 4.78 is 39.2. The maximum Gasteiger partial charge on any atom is 0.223 e. The van der Waals surface area contributed by atoms with E-state index in [0.29, 0.717) is 39.3 Å². The lowest BCUT2D eigenvalue weighted by Crippen LogP contribution is -2.49. The molecule has 8 heteroatoms. The van der Waals surface area contributed by atoms with Crippen LogP contribution in [0.4, 0.5) is 10.1 Å². The van der Waals surface area contributed by atoms with Crippen LogP contribution in [-0.2, 0) is 14.8 Å². The van der Waals surface area contributed by atoms with Crippen LogP contribution in [0.15, 0.2) is 24.3 Å². The van der Waals surface area contributed by atoms with Gasteiger partial charge < -0.3 is 9.80 Å². The molecule has 0 spiro atoms. The molecule has 0 aliphatic carbocycles. The molecule has 26 heavy (non-hydrogen) atoms. The molecule has 2 aliphatic rings. The monoisotopic (exact) mass is 383 g/mol. The highest BCUT2D eigenvalue weighted by molar-refractivity contribution is 7.89. The number of benzene rings is 1. The van der Waals surface area contributed by atoms with E-state index in [1.165, 1.54) is 16.4 Å². The van der Waals surface area contributed by atoms with E-state index in [9.17, 15) is 17.6 Å². The molecular weight excluding hydrogens is 357 g/mol. The Morgan fingerprint density at radius 3 is 2.15 bits per heavy atom. The van der Waals surface area contributed by atoms with Crippen molar-refractivity contribution >= 4 is 21.6 Å². The highest BCUT2D eigenvalue weighted by Crippen LogP contribution is 2.18. The van der Waals surface area contributed by atoms with Crippen LogP contribution in [0.2, 0.25) is 0 Å². The maximum absolute atomic E-state index is 13.0. The molecular formula is C18H26FN3O3S. The van der Waals surface area contributed by atoms with Gasteiger partial charge >= 0.3 is 0 Å². The standard InChI is InChI=1S/C18H26FN3O3S/c19-16-4-6-17(7-5-16)20-11-13-21(14-12-20)18(23)8-15-26(24,25)22-9-2-1-3-10-22/h4-7H,1-3,8-15H2. The van der Waals surface area contributed by atoms with Gasteiger partial charge in [-0.15, -0.1) is 0 Å². The predicted molar refractivity (Wildman–Crippen MR) is 99.0 cm³/mol. The van der Waals surface area contributed by atoms with E-state index in [0.717, 1.165) is 24.9 Å². The molecule has 1 aromatic rings. The minimum Gasteiger partial charge on any atom is -0.368 e. The average molecular weight is 383 g/mol. The molecule has 2 aliphatic heterocycles. The molecule has 2 saturated heterocycles. The van der Waals surface area contributed by atoms with Crippen LogP contribution >= 0.6 is 0 Å². The zero-order valence-electron chi connectivity index (χ0n) is 14.9. The summed E-state index contributed by atoms with van der Waals surface area (Å²) in [7, 11) is -3.34. The van der Waals surface area contributed by atoms with Crippen LogP contribution in [0.25, 0.3) is 0 Å². The highest BCUT2D eigenvalue weighted by atomic mass is 32.2. The van der Waals surface area contributed by atoms with Crippen molar-refractivity contribution in [2.75, 3.05) is 49.9 Å². The Balaban J connectivity index is 1.47. The molecule has 144 valence electrons. The first kappa shape index (κ1) is 19.1. The molecule has 1 aromatic carbocycles. The van der Waals surface area contributed by atoms with Gasteiger partial charge in [0, 0.05) is 51.4 Å². The number of hydrogen-bond acceptors (Lipinski definition) is 4. The number of piperidine rings is 1. The van der Waals surface area contributed by atoms with E-state index in [2.05, 4.69) is 4.90 Å². The Hall–Kier alpha value is -1.67. The van der Waals surface area contributed by atoms with Crippen molar-refractivity contribution in [3.8, 4) is 0 Å². The third kappa shape index (κ3) is 4.73. The van der Waals surface area contributed by atoms with E-state index in [4.69, 9.17) is 0 Å². The van der Waals surface area contributed by atoms with Crippen LogP contribution in [0.5, 0.6) is 0 Å². The number of hydrogen-bond donors (Lipinski definition) is 0. The summed E-state index contributed by atoms with van der Waals surface area (Å²) in [4.78, 5) is 16.2. The van der Waals surface area contributed by atoms with Gasteiger partial charge in [0.25, 0.3) is 0 Å². The van der Waals surface area contributed by atoms with Gasteiger partial charge in [-0.25, -0.2) is 17.1 Å². The van der Waals surface area contributed by atoms with Crippen LogP contribution < -0.4 is 4.90 Å². The average Bonchev–Trinajstić information content (AvgIpc) is 2.68. The van der Waals surface area contributed by atoms with Gasteiger partial charge in [0.1, 0.15) is 5.82 Å². The van der Waals surface area contributed by atoms with E-state index in [1.807, 2.05) is 0 Å². The fourth-order valence-corrected chi connectivity index (χ4v) is 5.02. The first-order valence-electron chi connectivity index (χ1n) is 9.22. The first-order valence-corrected chi connectivity index (χ1v) is 10.8. The van der Waals surface area contributed by atoms with Gasteiger partial charge in [-0.2, -0.15) is 0 Å². The summed E-state index contributed by atoms with van der Waals surface area (Å²) in [5, 5.41) is 0. The second kappa shape index (κ2) is 8.35. The van der Waals surface area contributed by atoms with E-state index < -0.39 is 10.0 Å². The van der Waals surface area contributed by atoms with Gasteiger partial charge in [0.15, 0.2) is 0 Å². The normalized spacial score (nSPS) is 19.6. The summed E-state index contributed by atoms with van der Waals surface area (Å²) in [6.45, 7) is 3.59. The van der Waals surface area contributed by atoms with Crippen LogP contribution in [0.1, 0.15) is 25.7 Å². The van der Waals surface area contributed by atoms with Crippen molar-refractivity contribution in [3.05, 3.63) is 30.1 Å². The minimum absolute atomic E-state index is 0.0371. The van der Waals surface area contributed by atoms with Crippen LogP contribution in [0.3, 0.4) is 0 Å². The zero-order chi connectivity index (χ0) is 18.6. The number of rotatable bonds is 5. The molecule has 1 amide bonds. The first-order chi connectivity index (χ1) is 12.5. The maximum atomic E-state index is 13.0. The predicted octanol–water partition coefficient (Wildman–Crippen LogP) is 1.68. The lowest BCUT2D eigenvalue weighted by Gasteiger charge is -2.36. The van der Waals surface area contributed by atoms with Crippen molar-refractivity contribution in [2.45, 2.75) is 25.7 Å². The highest BCUT2D eigenvalue weighted by Gasteiger charge is 2.27.